The second-order valence-electron chi connectivity index (χ2n) is 7.34. The van der Waals surface area contributed by atoms with Crippen LogP contribution in [0.4, 0.5) is 21.6 Å². The average molecular weight is 520 g/mol. The van der Waals surface area contributed by atoms with E-state index in [1.807, 2.05) is 0 Å². The number of methoxy groups -OCH3 is 2. The smallest absolute Gasteiger partial charge is 0.344 e. The highest BCUT2D eigenvalue weighted by Crippen LogP contribution is 2.45. The van der Waals surface area contributed by atoms with E-state index < -0.39 is 22.1 Å². The highest BCUT2D eigenvalue weighted by Gasteiger charge is 2.23. The largest absolute Gasteiger partial charge is 0.495 e. The van der Waals surface area contributed by atoms with Crippen LogP contribution in [-0.2, 0) is 0 Å². The number of nitrogens with zero attached hydrogens (tertiary/aromatic N) is 2. The highest BCUT2D eigenvalue weighted by atomic mass is 35.5. The van der Waals surface area contributed by atoms with Gasteiger partial charge >= 0.3 is 5.63 Å². The van der Waals surface area contributed by atoms with Crippen LogP contribution in [-0.4, -0.2) is 24.1 Å². The molecule has 0 saturated carbocycles. The van der Waals surface area contributed by atoms with Crippen molar-refractivity contribution in [2.75, 3.05) is 19.5 Å². The quantitative estimate of drug-likeness (QED) is 0.233. The molecule has 4 aromatic rings. The third kappa shape index (κ3) is 4.45. The molecule has 0 fully saturated rings. The molecule has 2 aromatic carbocycles. The molecule has 2 aromatic heterocycles. The summed E-state index contributed by atoms with van der Waals surface area (Å²) in [5, 5.41) is 14.8. The van der Waals surface area contributed by atoms with Crippen LogP contribution in [0, 0.1) is 22.9 Å². The van der Waals surface area contributed by atoms with Crippen LogP contribution in [0.2, 0.25) is 10.0 Å². The number of halogens is 3. The van der Waals surface area contributed by atoms with Crippen molar-refractivity contribution in [3.05, 3.63) is 78.5 Å². The zero-order valence-electron chi connectivity index (χ0n) is 18.4. The number of benzene rings is 2. The first-order valence-corrected chi connectivity index (χ1v) is 10.7. The molecule has 0 spiro atoms. The van der Waals surface area contributed by atoms with E-state index in [-0.39, 0.29) is 49.8 Å². The van der Waals surface area contributed by atoms with E-state index in [0.29, 0.717) is 10.9 Å². The van der Waals surface area contributed by atoms with Crippen LogP contribution in [0.25, 0.3) is 22.1 Å². The van der Waals surface area contributed by atoms with Crippen molar-refractivity contribution in [1.29, 1.82) is 0 Å². The molecule has 35 heavy (non-hydrogen) atoms. The predicted octanol–water partition coefficient (Wildman–Crippen LogP) is 6.28. The Morgan fingerprint density at radius 1 is 1.09 bits per heavy atom. The van der Waals surface area contributed by atoms with Gasteiger partial charge in [-0.15, -0.1) is 0 Å². The molecule has 4 rings (SSSR count). The Kier molecular flexibility index (Phi) is 6.51. The number of nitro benzene ring substituents is 1. The Morgan fingerprint density at radius 3 is 2.34 bits per heavy atom. The number of nitro groups is 1. The molecule has 0 radical (unpaired) electrons. The van der Waals surface area contributed by atoms with Crippen LogP contribution in [0.15, 0.2) is 45.7 Å². The summed E-state index contributed by atoms with van der Waals surface area (Å²) in [4.78, 5) is 27.8. The van der Waals surface area contributed by atoms with E-state index in [1.54, 1.807) is 0 Å². The number of hydrogen-bond acceptors (Lipinski definition) is 8. The predicted molar refractivity (Wildman–Crippen MR) is 130 cm³/mol. The Morgan fingerprint density at radius 2 is 1.74 bits per heavy atom. The maximum absolute atomic E-state index is 13.7. The molecule has 1 N–H and O–H groups in total. The SMILES string of the molecule is COc1cc(OC)c(Cl)c(-c2cc3cnc(Nc4c(C)cc(F)cc4[N+](=O)[O-])cc3oc2=O)c1Cl. The van der Waals surface area contributed by atoms with Crippen molar-refractivity contribution >= 4 is 51.4 Å². The zero-order chi connectivity index (χ0) is 25.4. The van der Waals surface area contributed by atoms with Crippen LogP contribution in [0.3, 0.4) is 0 Å². The summed E-state index contributed by atoms with van der Waals surface area (Å²) in [5.41, 5.74) is -0.496. The topological polar surface area (TPSA) is 117 Å². The van der Waals surface area contributed by atoms with Gasteiger partial charge in [0.2, 0.25) is 0 Å². The fraction of sp³-hybridized carbons (Fsp3) is 0.130. The number of fused-ring (bicyclic) bond motifs is 1. The molecule has 2 heterocycles. The van der Waals surface area contributed by atoms with Gasteiger partial charge in [-0.1, -0.05) is 23.2 Å². The van der Waals surface area contributed by atoms with Gasteiger partial charge in [0.25, 0.3) is 5.69 Å². The molecule has 0 aliphatic carbocycles. The minimum Gasteiger partial charge on any atom is -0.495 e. The third-order valence-corrected chi connectivity index (χ3v) is 5.94. The average Bonchev–Trinajstić information content (AvgIpc) is 2.81. The van der Waals surface area contributed by atoms with Gasteiger partial charge in [-0.25, -0.2) is 14.2 Å². The number of nitrogens with one attached hydrogen (secondary N) is 1. The van der Waals surface area contributed by atoms with Crippen molar-refractivity contribution in [2.45, 2.75) is 6.92 Å². The van der Waals surface area contributed by atoms with E-state index in [9.17, 15) is 19.3 Å². The lowest BCUT2D eigenvalue weighted by molar-refractivity contribution is -0.384. The first-order valence-electron chi connectivity index (χ1n) is 9.90. The lowest BCUT2D eigenvalue weighted by Crippen LogP contribution is -2.06. The second kappa shape index (κ2) is 9.40. The minimum atomic E-state index is -0.752. The van der Waals surface area contributed by atoms with E-state index in [0.717, 1.165) is 12.1 Å². The summed E-state index contributed by atoms with van der Waals surface area (Å²) < 4.78 is 29.6. The van der Waals surface area contributed by atoms with Crippen LogP contribution >= 0.6 is 23.2 Å². The molecule has 0 saturated heterocycles. The summed E-state index contributed by atoms with van der Waals surface area (Å²) in [7, 11) is 2.82. The van der Waals surface area contributed by atoms with Crippen molar-refractivity contribution in [3.63, 3.8) is 0 Å². The molecular formula is C23H16Cl2FN3O6. The highest BCUT2D eigenvalue weighted by molar-refractivity contribution is 6.41. The fourth-order valence-corrected chi connectivity index (χ4v) is 4.24. The molecule has 0 bridgehead atoms. The van der Waals surface area contributed by atoms with Crippen molar-refractivity contribution < 1.29 is 23.2 Å². The van der Waals surface area contributed by atoms with E-state index in [4.69, 9.17) is 37.1 Å². The molecule has 0 amide bonds. The van der Waals surface area contributed by atoms with Crippen LogP contribution < -0.4 is 20.4 Å². The monoisotopic (exact) mass is 519 g/mol. The van der Waals surface area contributed by atoms with E-state index >= 15 is 0 Å². The zero-order valence-corrected chi connectivity index (χ0v) is 20.0. The van der Waals surface area contributed by atoms with Crippen molar-refractivity contribution in [3.8, 4) is 22.6 Å². The number of pyridine rings is 1. The summed E-state index contributed by atoms with van der Waals surface area (Å²) >= 11 is 12.9. The van der Waals surface area contributed by atoms with Gasteiger partial charge in [0, 0.05) is 29.3 Å². The molecule has 9 nitrogen and oxygen atoms in total. The number of rotatable bonds is 6. The normalized spacial score (nSPS) is 10.9. The second-order valence-corrected chi connectivity index (χ2v) is 8.09. The number of anilines is 2. The Hall–Kier alpha value is -3.89. The van der Waals surface area contributed by atoms with E-state index in [1.165, 1.54) is 45.5 Å². The summed E-state index contributed by atoms with van der Waals surface area (Å²) in [6.45, 7) is 1.52. The molecule has 12 heteroatoms. The van der Waals surface area contributed by atoms with Gasteiger partial charge in [-0.3, -0.25) is 10.1 Å². The Labute approximate surface area is 207 Å². The summed E-state index contributed by atoms with van der Waals surface area (Å²) in [6, 6.07) is 6.34. The summed E-state index contributed by atoms with van der Waals surface area (Å²) in [5.74, 6) is -0.103. The maximum atomic E-state index is 13.7. The van der Waals surface area contributed by atoms with Gasteiger partial charge in [0.1, 0.15) is 34.4 Å². The van der Waals surface area contributed by atoms with Gasteiger partial charge in [-0.05, 0) is 24.6 Å². The lowest BCUT2D eigenvalue weighted by atomic mass is 10.1. The van der Waals surface area contributed by atoms with Gasteiger partial charge < -0.3 is 19.2 Å². The van der Waals surface area contributed by atoms with E-state index in [2.05, 4.69) is 10.3 Å². The number of aryl methyl sites for hydroxylation is 1. The van der Waals surface area contributed by atoms with Gasteiger partial charge in [0.15, 0.2) is 0 Å². The number of hydrogen-bond donors (Lipinski definition) is 1. The van der Waals surface area contributed by atoms with Gasteiger partial charge in [-0.2, -0.15) is 0 Å². The maximum Gasteiger partial charge on any atom is 0.344 e. The minimum absolute atomic E-state index is 0.0530. The van der Waals surface area contributed by atoms with Crippen molar-refractivity contribution in [1.82, 2.24) is 4.98 Å². The number of aromatic nitrogens is 1. The van der Waals surface area contributed by atoms with Gasteiger partial charge in [0.05, 0.1) is 40.8 Å². The lowest BCUT2D eigenvalue weighted by Gasteiger charge is -2.14. The molecular weight excluding hydrogens is 504 g/mol. The fourth-order valence-electron chi connectivity index (χ4n) is 3.54. The standard InChI is InChI=1S/C23H16Cl2FN3O6/c1-10-4-12(26)6-14(29(31)32)22(10)28-18-8-15-11(9-27-18)5-13(23(30)35-15)19-20(24)16(33-2)7-17(34-3)21(19)25/h4-9H,1-3H3,(H,27,28). The molecule has 180 valence electrons. The molecule has 0 aliphatic rings. The first kappa shape index (κ1) is 24.2. The summed E-state index contributed by atoms with van der Waals surface area (Å²) in [6.07, 6.45) is 1.40. The first-order chi connectivity index (χ1) is 16.6. The Bertz CT molecular complexity index is 1530. The molecule has 0 atom stereocenters. The molecule has 0 aliphatic heterocycles. The Balaban J connectivity index is 1.82. The van der Waals surface area contributed by atoms with Crippen LogP contribution in [0.5, 0.6) is 11.5 Å². The number of ether oxygens (including phenoxy) is 2. The molecule has 0 unspecified atom stereocenters. The third-order valence-electron chi connectivity index (χ3n) is 5.19. The van der Waals surface area contributed by atoms with Crippen LogP contribution in [0.1, 0.15) is 5.56 Å². The van der Waals surface area contributed by atoms with Crippen molar-refractivity contribution in [2.24, 2.45) is 0 Å².